The maximum Gasteiger partial charge on any atom is 0.168 e. The van der Waals surface area contributed by atoms with E-state index in [9.17, 15) is 8.78 Å². The molecule has 0 aliphatic rings. The van der Waals surface area contributed by atoms with E-state index < -0.39 is 11.6 Å². The van der Waals surface area contributed by atoms with Crippen LogP contribution in [0.3, 0.4) is 0 Å². The molecule has 0 bridgehead atoms. The molecule has 4 heteroatoms. The number of rotatable bonds is 4. The van der Waals surface area contributed by atoms with E-state index in [1.165, 1.54) is 6.07 Å². The van der Waals surface area contributed by atoms with Gasteiger partial charge in [0.2, 0.25) is 0 Å². The summed E-state index contributed by atoms with van der Waals surface area (Å²) >= 11 is 0. The lowest BCUT2D eigenvalue weighted by molar-refractivity contribution is 0.437. The summed E-state index contributed by atoms with van der Waals surface area (Å²) in [6.07, 6.45) is 0.840. The molecule has 0 spiro atoms. The molecule has 0 radical (unpaired) electrons. The average Bonchev–Trinajstić information content (AvgIpc) is 2.42. The second-order valence-electron chi connectivity index (χ2n) is 4.26. The van der Waals surface area contributed by atoms with E-state index >= 15 is 0 Å². The average molecular weight is 263 g/mol. The van der Waals surface area contributed by atoms with Gasteiger partial charge < -0.3 is 10.5 Å². The molecule has 2 rings (SSSR count). The summed E-state index contributed by atoms with van der Waals surface area (Å²) in [5.41, 5.74) is 6.89. The van der Waals surface area contributed by atoms with Gasteiger partial charge in [-0.3, -0.25) is 0 Å². The summed E-state index contributed by atoms with van der Waals surface area (Å²) in [7, 11) is 0. The van der Waals surface area contributed by atoms with Crippen LogP contribution in [0.5, 0.6) is 11.5 Å². The molecule has 0 saturated heterocycles. The summed E-state index contributed by atoms with van der Waals surface area (Å²) in [6, 6.07) is 10.3. The first kappa shape index (κ1) is 13.5. The van der Waals surface area contributed by atoms with E-state index in [4.69, 9.17) is 10.5 Å². The highest BCUT2D eigenvalue weighted by Crippen LogP contribution is 2.26. The van der Waals surface area contributed by atoms with Gasteiger partial charge in [0.1, 0.15) is 11.6 Å². The Hall–Kier alpha value is -1.94. The molecule has 2 aromatic rings. The third-order valence-corrected chi connectivity index (χ3v) is 2.87. The Morgan fingerprint density at radius 2 is 1.79 bits per heavy atom. The fourth-order valence-corrected chi connectivity index (χ4v) is 1.70. The molecule has 0 aromatic heterocycles. The van der Waals surface area contributed by atoms with Gasteiger partial charge in [-0.25, -0.2) is 8.78 Å². The molecule has 0 aliphatic carbocycles. The van der Waals surface area contributed by atoms with E-state index in [1.54, 1.807) is 12.1 Å². The number of halogens is 2. The fraction of sp³-hybridized carbons (Fsp3) is 0.200. The standard InChI is InChI=1S/C15H15F2NO/c1-2-14(18)10-3-6-12(7-4-10)19-15-8-5-11(16)9-13(15)17/h3-9,14H,2,18H2,1H3. The summed E-state index contributed by atoms with van der Waals surface area (Å²) in [6.45, 7) is 2.00. The lowest BCUT2D eigenvalue weighted by Crippen LogP contribution is -2.08. The van der Waals surface area contributed by atoms with Gasteiger partial charge in [0.15, 0.2) is 11.6 Å². The van der Waals surface area contributed by atoms with E-state index in [0.717, 1.165) is 24.1 Å². The molecule has 2 N–H and O–H groups in total. The summed E-state index contributed by atoms with van der Waals surface area (Å²) in [5.74, 6) is -0.880. The molecule has 100 valence electrons. The first-order valence-corrected chi connectivity index (χ1v) is 6.08. The van der Waals surface area contributed by atoms with Crippen molar-refractivity contribution in [3.05, 3.63) is 59.7 Å². The van der Waals surface area contributed by atoms with Crippen LogP contribution in [0.1, 0.15) is 24.9 Å². The van der Waals surface area contributed by atoms with Crippen LogP contribution < -0.4 is 10.5 Å². The van der Waals surface area contributed by atoms with E-state index in [1.807, 2.05) is 19.1 Å². The van der Waals surface area contributed by atoms with Gasteiger partial charge in [-0.15, -0.1) is 0 Å². The summed E-state index contributed by atoms with van der Waals surface area (Å²) < 4.78 is 31.5. The topological polar surface area (TPSA) is 35.2 Å². The normalized spacial score (nSPS) is 12.2. The van der Waals surface area contributed by atoms with Gasteiger partial charge in [-0.05, 0) is 36.2 Å². The molecule has 0 heterocycles. The Bertz CT molecular complexity index is 555. The molecule has 0 amide bonds. The van der Waals surface area contributed by atoms with Gasteiger partial charge in [-0.2, -0.15) is 0 Å². The lowest BCUT2D eigenvalue weighted by atomic mass is 10.1. The zero-order chi connectivity index (χ0) is 13.8. The minimum absolute atomic E-state index is 0.00561. The number of ether oxygens (including phenoxy) is 1. The van der Waals surface area contributed by atoms with Crippen molar-refractivity contribution >= 4 is 0 Å². The van der Waals surface area contributed by atoms with Crippen molar-refractivity contribution in [3.63, 3.8) is 0 Å². The van der Waals surface area contributed by atoms with Crippen molar-refractivity contribution in [1.29, 1.82) is 0 Å². The smallest absolute Gasteiger partial charge is 0.168 e. The van der Waals surface area contributed by atoms with Crippen LogP contribution in [-0.4, -0.2) is 0 Å². The molecular weight excluding hydrogens is 248 g/mol. The van der Waals surface area contributed by atoms with Gasteiger partial charge in [0.05, 0.1) is 0 Å². The summed E-state index contributed by atoms with van der Waals surface area (Å²) in [5, 5.41) is 0. The highest BCUT2D eigenvalue weighted by atomic mass is 19.1. The zero-order valence-electron chi connectivity index (χ0n) is 10.6. The Morgan fingerprint density at radius 1 is 1.11 bits per heavy atom. The Balaban J connectivity index is 2.15. The van der Waals surface area contributed by atoms with Crippen molar-refractivity contribution in [2.24, 2.45) is 5.73 Å². The molecule has 0 fully saturated rings. The minimum Gasteiger partial charge on any atom is -0.454 e. The van der Waals surface area contributed by atoms with Gasteiger partial charge in [0.25, 0.3) is 0 Å². The molecule has 0 saturated carbocycles. The Labute approximate surface area is 110 Å². The molecule has 1 atom stereocenters. The number of benzene rings is 2. The van der Waals surface area contributed by atoms with E-state index in [0.29, 0.717) is 5.75 Å². The lowest BCUT2D eigenvalue weighted by Gasteiger charge is -2.11. The maximum absolute atomic E-state index is 13.4. The fourth-order valence-electron chi connectivity index (χ4n) is 1.70. The molecule has 0 aliphatic heterocycles. The second-order valence-corrected chi connectivity index (χ2v) is 4.26. The highest BCUT2D eigenvalue weighted by Gasteiger charge is 2.07. The van der Waals surface area contributed by atoms with Crippen molar-refractivity contribution in [1.82, 2.24) is 0 Å². The number of hydrogen-bond acceptors (Lipinski definition) is 2. The van der Waals surface area contributed by atoms with Crippen LogP contribution >= 0.6 is 0 Å². The predicted octanol–water partition coefficient (Wildman–Crippen LogP) is 4.17. The van der Waals surface area contributed by atoms with Crippen molar-refractivity contribution in [3.8, 4) is 11.5 Å². The second kappa shape index (κ2) is 5.80. The van der Waals surface area contributed by atoms with Crippen LogP contribution in [0.15, 0.2) is 42.5 Å². The molecule has 1 unspecified atom stereocenters. The molecular formula is C15H15F2NO. The van der Waals surface area contributed by atoms with Crippen molar-refractivity contribution < 1.29 is 13.5 Å². The SMILES string of the molecule is CCC(N)c1ccc(Oc2ccc(F)cc2F)cc1. The quantitative estimate of drug-likeness (QED) is 0.898. The van der Waals surface area contributed by atoms with Crippen LogP contribution in [-0.2, 0) is 0 Å². The van der Waals surface area contributed by atoms with Crippen LogP contribution in [0, 0.1) is 11.6 Å². The van der Waals surface area contributed by atoms with Crippen LogP contribution in [0.2, 0.25) is 0 Å². The zero-order valence-corrected chi connectivity index (χ0v) is 10.6. The summed E-state index contributed by atoms with van der Waals surface area (Å²) in [4.78, 5) is 0. The Kier molecular flexibility index (Phi) is 4.12. The van der Waals surface area contributed by atoms with Crippen molar-refractivity contribution in [2.45, 2.75) is 19.4 Å². The van der Waals surface area contributed by atoms with E-state index in [2.05, 4.69) is 0 Å². The van der Waals surface area contributed by atoms with Gasteiger partial charge in [0, 0.05) is 12.1 Å². The third kappa shape index (κ3) is 3.29. The maximum atomic E-state index is 13.4. The molecule has 2 aromatic carbocycles. The van der Waals surface area contributed by atoms with Gasteiger partial charge >= 0.3 is 0 Å². The first-order valence-electron chi connectivity index (χ1n) is 6.08. The highest BCUT2D eigenvalue weighted by molar-refractivity contribution is 5.34. The van der Waals surface area contributed by atoms with Gasteiger partial charge in [-0.1, -0.05) is 19.1 Å². The Morgan fingerprint density at radius 3 is 2.37 bits per heavy atom. The molecule has 19 heavy (non-hydrogen) atoms. The van der Waals surface area contributed by atoms with Crippen molar-refractivity contribution in [2.75, 3.05) is 0 Å². The monoisotopic (exact) mass is 263 g/mol. The predicted molar refractivity (Wildman–Crippen MR) is 70.1 cm³/mol. The number of nitrogens with two attached hydrogens (primary N) is 1. The van der Waals surface area contributed by atoms with Crippen LogP contribution in [0.25, 0.3) is 0 Å². The molecule has 2 nitrogen and oxygen atoms in total. The van der Waals surface area contributed by atoms with Crippen LogP contribution in [0.4, 0.5) is 8.78 Å². The third-order valence-electron chi connectivity index (χ3n) is 2.87. The van der Waals surface area contributed by atoms with E-state index in [-0.39, 0.29) is 11.8 Å². The minimum atomic E-state index is -0.727. The first-order chi connectivity index (χ1) is 9.10. The number of hydrogen-bond donors (Lipinski definition) is 1. The largest absolute Gasteiger partial charge is 0.454 e.